The molecular formula is C12H12N2S2. The molecule has 4 heteroatoms. The van der Waals surface area contributed by atoms with Gasteiger partial charge in [0.2, 0.25) is 0 Å². The fraction of sp³-hybridized carbons (Fsp3) is 0.167. The minimum absolute atomic E-state index is 0.426. The molecule has 1 aromatic carbocycles. The zero-order valence-electron chi connectivity index (χ0n) is 9.15. The predicted octanol–water partition coefficient (Wildman–Crippen LogP) is 3.06. The molecule has 1 aromatic heterocycles. The van der Waals surface area contributed by atoms with Crippen LogP contribution in [0.5, 0.6) is 0 Å². The highest BCUT2D eigenvalue weighted by Crippen LogP contribution is 2.29. The first-order valence-electron chi connectivity index (χ1n) is 4.93. The normalized spacial score (nSPS) is 10.4. The van der Waals surface area contributed by atoms with E-state index in [-0.39, 0.29) is 0 Å². The van der Waals surface area contributed by atoms with Crippen molar-refractivity contribution in [2.75, 3.05) is 0 Å². The molecule has 0 fully saturated rings. The highest BCUT2D eigenvalue weighted by atomic mass is 32.1. The zero-order chi connectivity index (χ0) is 11.7. The van der Waals surface area contributed by atoms with Crippen LogP contribution in [-0.4, -0.2) is 9.97 Å². The molecule has 16 heavy (non-hydrogen) atoms. The first kappa shape index (κ1) is 11.2. The van der Waals surface area contributed by atoms with E-state index in [9.17, 15) is 0 Å². The van der Waals surface area contributed by atoms with Gasteiger partial charge in [0.05, 0.1) is 10.6 Å². The Labute approximate surface area is 104 Å². The Kier molecular flexibility index (Phi) is 3.03. The van der Waals surface area contributed by atoms with Crippen LogP contribution in [0.4, 0.5) is 0 Å². The molecule has 0 aliphatic heterocycles. The summed E-state index contributed by atoms with van der Waals surface area (Å²) in [6, 6.07) is 8.18. The standard InChI is InChI=1S/C12H12N2S2/c1-7-5-3-4-6-9(7)12-14-8(2)10(16-12)11(13)15/h3-6H,1-2H3,(H2,13,15). The second-order valence-corrected chi connectivity index (χ2v) is 5.05. The molecular weight excluding hydrogens is 236 g/mol. The fourth-order valence-electron chi connectivity index (χ4n) is 1.55. The van der Waals surface area contributed by atoms with Crippen LogP contribution in [-0.2, 0) is 0 Å². The Balaban J connectivity index is 2.54. The predicted molar refractivity (Wildman–Crippen MR) is 72.9 cm³/mol. The molecule has 1 heterocycles. The van der Waals surface area contributed by atoms with Gasteiger partial charge in [0.1, 0.15) is 10.00 Å². The summed E-state index contributed by atoms with van der Waals surface area (Å²) >= 11 is 6.55. The van der Waals surface area contributed by atoms with Crippen LogP contribution >= 0.6 is 23.6 Å². The second-order valence-electron chi connectivity index (χ2n) is 3.61. The molecule has 0 aliphatic rings. The number of nitrogens with zero attached hydrogens (tertiary/aromatic N) is 1. The number of benzene rings is 1. The fourth-order valence-corrected chi connectivity index (χ4v) is 2.83. The summed E-state index contributed by atoms with van der Waals surface area (Å²) in [5, 5.41) is 0.985. The van der Waals surface area contributed by atoms with E-state index in [0.29, 0.717) is 4.99 Å². The van der Waals surface area contributed by atoms with Gasteiger partial charge in [0.25, 0.3) is 0 Å². The molecule has 2 N–H and O–H groups in total. The minimum atomic E-state index is 0.426. The van der Waals surface area contributed by atoms with Crippen molar-refractivity contribution in [3.63, 3.8) is 0 Å². The Morgan fingerprint density at radius 2 is 2.00 bits per heavy atom. The third-order valence-corrected chi connectivity index (χ3v) is 3.95. The average molecular weight is 248 g/mol. The molecule has 2 nitrogen and oxygen atoms in total. The van der Waals surface area contributed by atoms with E-state index < -0.39 is 0 Å². The van der Waals surface area contributed by atoms with E-state index in [2.05, 4.69) is 24.0 Å². The molecule has 0 amide bonds. The van der Waals surface area contributed by atoms with E-state index in [1.165, 1.54) is 5.56 Å². The smallest absolute Gasteiger partial charge is 0.124 e. The van der Waals surface area contributed by atoms with E-state index in [1.807, 2.05) is 19.1 Å². The van der Waals surface area contributed by atoms with Crippen molar-refractivity contribution >= 4 is 28.5 Å². The highest BCUT2D eigenvalue weighted by molar-refractivity contribution is 7.81. The van der Waals surface area contributed by atoms with Crippen molar-refractivity contribution in [2.45, 2.75) is 13.8 Å². The van der Waals surface area contributed by atoms with Gasteiger partial charge in [-0.2, -0.15) is 0 Å². The van der Waals surface area contributed by atoms with Crippen LogP contribution in [0.3, 0.4) is 0 Å². The van der Waals surface area contributed by atoms with Crippen LogP contribution in [0, 0.1) is 13.8 Å². The van der Waals surface area contributed by atoms with Gasteiger partial charge in [-0.15, -0.1) is 11.3 Å². The van der Waals surface area contributed by atoms with E-state index in [4.69, 9.17) is 18.0 Å². The number of thiocarbonyl (C=S) groups is 1. The summed E-state index contributed by atoms with van der Waals surface area (Å²) in [7, 11) is 0. The lowest BCUT2D eigenvalue weighted by Gasteiger charge is -1.99. The number of hydrogen-bond acceptors (Lipinski definition) is 3. The van der Waals surface area contributed by atoms with E-state index >= 15 is 0 Å². The van der Waals surface area contributed by atoms with E-state index in [0.717, 1.165) is 21.1 Å². The van der Waals surface area contributed by atoms with Crippen LogP contribution in [0.15, 0.2) is 24.3 Å². The molecule has 0 atom stereocenters. The second kappa shape index (κ2) is 4.31. The van der Waals surface area contributed by atoms with Crippen molar-refractivity contribution in [2.24, 2.45) is 5.73 Å². The number of aromatic nitrogens is 1. The molecule has 0 unspecified atom stereocenters. The average Bonchev–Trinajstić information content (AvgIpc) is 2.61. The first-order valence-corrected chi connectivity index (χ1v) is 6.15. The van der Waals surface area contributed by atoms with Crippen molar-refractivity contribution in [3.05, 3.63) is 40.4 Å². The molecule has 0 bridgehead atoms. The Bertz CT molecular complexity index is 544. The minimum Gasteiger partial charge on any atom is -0.389 e. The number of aryl methyl sites for hydroxylation is 2. The summed E-state index contributed by atoms with van der Waals surface area (Å²) < 4.78 is 0. The van der Waals surface area contributed by atoms with Crippen LogP contribution in [0.2, 0.25) is 0 Å². The van der Waals surface area contributed by atoms with E-state index in [1.54, 1.807) is 11.3 Å². The monoisotopic (exact) mass is 248 g/mol. The highest BCUT2D eigenvalue weighted by Gasteiger charge is 2.12. The topological polar surface area (TPSA) is 38.9 Å². The third kappa shape index (κ3) is 1.99. The van der Waals surface area contributed by atoms with Crippen molar-refractivity contribution in [1.29, 1.82) is 0 Å². The lowest BCUT2D eigenvalue weighted by atomic mass is 10.1. The molecule has 0 spiro atoms. The van der Waals surface area contributed by atoms with Gasteiger partial charge in [-0.05, 0) is 19.4 Å². The molecule has 0 saturated carbocycles. The summed E-state index contributed by atoms with van der Waals surface area (Å²) in [4.78, 5) is 5.85. The number of thiazole rings is 1. The summed E-state index contributed by atoms with van der Waals surface area (Å²) in [5.41, 5.74) is 8.92. The van der Waals surface area contributed by atoms with Crippen molar-refractivity contribution in [3.8, 4) is 10.6 Å². The summed E-state index contributed by atoms with van der Waals surface area (Å²) in [6.45, 7) is 4.01. The maximum Gasteiger partial charge on any atom is 0.124 e. The van der Waals surface area contributed by atoms with Gasteiger partial charge in [0, 0.05) is 5.56 Å². The van der Waals surface area contributed by atoms with Crippen LogP contribution in [0.1, 0.15) is 16.1 Å². The maximum atomic E-state index is 5.65. The molecule has 0 aliphatic carbocycles. The maximum absolute atomic E-state index is 5.65. The quantitative estimate of drug-likeness (QED) is 0.830. The van der Waals surface area contributed by atoms with Gasteiger partial charge in [-0.3, -0.25) is 0 Å². The van der Waals surface area contributed by atoms with Gasteiger partial charge < -0.3 is 5.73 Å². The van der Waals surface area contributed by atoms with Crippen LogP contribution in [0.25, 0.3) is 10.6 Å². The van der Waals surface area contributed by atoms with Crippen LogP contribution < -0.4 is 5.73 Å². The van der Waals surface area contributed by atoms with Crippen molar-refractivity contribution in [1.82, 2.24) is 4.98 Å². The molecule has 82 valence electrons. The largest absolute Gasteiger partial charge is 0.389 e. The Hall–Kier alpha value is -1.26. The lowest BCUT2D eigenvalue weighted by Crippen LogP contribution is -2.08. The van der Waals surface area contributed by atoms with Gasteiger partial charge >= 0.3 is 0 Å². The molecule has 2 aromatic rings. The Morgan fingerprint density at radius 3 is 2.56 bits per heavy atom. The zero-order valence-corrected chi connectivity index (χ0v) is 10.8. The molecule has 0 radical (unpaired) electrons. The molecule has 2 rings (SSSR count). The number of hydrogen-bond donors (Lipinski definition) is 1. The van der Waals surface area contributed by atoms with Gasteiger partial charge in [-0.1, -0.05) is 36.5 Å². The van der Waals surface area contributed by atoms with Crippen molar-refractivity contribution < 1.29 is 0 Å². The first-order chi connectivity index (χ1) is 7.59. The van der Waals surface area contributed by atoms with Gasteiger partial charge in [0.15, 0.2) is 0 Å². The number of rotatable bonds is 2. The molecule has 0 saturated heterocycles. The third-order valence-electron chi connectivity index (χ3n) is 2.40. The lowest BCUT2D eigenvalue weighted by molar-refractivity contribution is 1.25. The summed E-state index contributed by atoms with van der Waals surface area (Å²) in [6.07, 6.45) is 0. The Morgan fingerprint density at radius 1 is 1.31 bits per heavy atom. The number of nitrogens with two attached hydrogens (primary N) is 1. The van der Waals surface area contributed by atoms with Gasteiger partial charge in [-0.25, -0.2) is 4.98 Å². The SMILES string of the molecule is Cc1ccccc1-c1nc(C)c(C(N)=S)s1. The summed E-state index contributed by atoms with van der Waals surface area (Å²) in [5.74, 6) is 0.